The summed E-state index contributed by atoms with van der Waals surface area (Å²) >= 11 is 0. The van der Waals surface area contributed by atoms with Gasteiger partial charge in [0, 0.05) is 11.3 Å². The average molecular weight is 181 g/mol. The summed E-state index contributed by atoms with van der Waals surface area (Å²) in [6.45, 7) is 2.55. The van der Waals surface area contributed by atoms with Gasteiger partial charge in [0.1, 0.15) is 0 Å². The van der Waals surface area contributed by atoms with Crippen molar-refractivity contribution in [3.8, 4) is 0 Å². The van der Waals surface area contributed by atoms with Crippen molar-refractivity contribution in [3.05, 3.63) is 17.5 Å². The standard InChI is InChI=1S/C9H15N3O/c1-6-4-8-7(5-11-12-8)9(6,13)2-3-10/h5-6,13H,2-4,10H2,1H3,(H,11,12). The molecular weight excluding hydrogens is 166 g/mol. The molecule has 1 aromatic heterocycles. The Kier molecular flexibility index (Phi) is 1.89. The van der Waals surface area contributed by atoms with Gasteiger partial charge in [0.05, 0.1) is 11.8 Å². The van der Waals surface area contributed by atoms with Gasteiger partial charge in [-0.05, 0) is 25.3 Å². The minimum atomic E-state index is -0.753. The number of nitrogens with two attached hydrogens (primary N) is 1. The average Bonchev–Trinajstić information content (AvgIpc) is 2.59. The highest BCUT2D eigenvalue weighted by Crippen LogP contribution is 2.42. The minimum absolute atomic E-state index is 0.236. The molecule has 0 fully saturated rings. The van der Waals surface area contributed by atoms with Gasteiger partial charge in [-0.2, -0.15) is 5.10 Å². The van der Waals surface area contributed by atoms with Gasteiger partial charge in [-0.3, -0.25) is 5.10 Å². The number of aromatic nitrogens is 2. The van der Waals surface area contributed by atoms with Crippen molar-refractivity contribution < 1.29 is 5.11 Å². The number of nitrogens with zero attached hydrogens (tertiary/aromatic N) is 1. The maximum absolute atomic E-state index is 10.4. The quantitative estimate of drug-likeness (QED) is 0.607. The molecule has 4 heteroatoms. The van der Waals surface area contributed by atoms with E-state index in [9.17, 15) is 5.11 Å². The van der Waals surface area contributed by atoms with Crippen LogP contribution < -0.4 is 5.73 Å². The summed E-state index contributed by atoms with van der Waals surface area (Å²) in [6.07, 6.45) is 3.20. The van der Waals surface area contributed by atoms with E-state index in [0.717, 1.165) is 17.7 Å². The Bertz CT molecular complexity index is 310. The van der Waals surface area contributed by atoms with Crippen LogP contribution in [0.5, 0.6) is 0 Å². The van der Waals surface area contributed by atoms with Crippen molar-refractivity contribution in [1.82, 2.24) is 10.2 Å². The topological polar surface area (TPSA) is 74.9 Å². The van der Waals surface area contributed by atoms with Crippen LogP contribution in [0.4, 0.5) is 0 Å². The van der Waals surface area contributed by atoms with Crippen molar-refractivity contribution >= 4 is 0 Å². The van der Waals surface area contributed by atoms with Gasteiger partial charge in [-0.15, -0.1) is 0 Å². The lowest BCUT2D eigenvalue weighted by molar-refractivity contribution is -0.0104. The van der Waals surface area contributed by atoms with E-state index in [2.05, 4.69) is 10.2 Å². The van der Waals surface area contributed by atoms with Crippen molar-refractivity contribution in [2.75, 3.05) is 6.54 Å². The molecule has 1 aromatic rings. The first-order chi connectivity index (χ1) is 6.18. The highest BCUT2D eigenvalue weighted by atomic mass is 16.3. The maximum Gasteiger partial charge on any atom is 0.0970 e. The van der Waals surface area contributed by atoms with Gasteiger partial charge in [-0.1, -0.05) is 6.92 Å². The molecule has 1 aliphatic carbocycles. The van der Waals surface area contributed by atoms with E-state index in [-0.39, 0.29) is 5.92 Å². The number of aromatic amines is 1. The van der Waals surface area contributed by atoms with Gasteiger partial charge < -0.3 is 10.8 Å². The fourth-order valence-electron chi connectivity index (χ4n) is 2.18. The second-order valence-corrected chi connectivity index (χ2v) is 3.83. The number of hydrogen-bond donors (Lipinski definition) is 3. The SMILES string of the molecule is CC1Cc2[nH]ncc2C1(O)CCN. The van der Waals surface area contributed by atoms with E-state index in [1.54, 1.807) is 6.20 Å². The van der Waals surface area contributed by atoms with Gasteiger partial charge in [0.25, 0.3) is 0 Å². The zero-order valence-electron chi connectivity index (χ0n) is 7.75. The maximum atomic E-state index is 10.4. The molecule has 1 heterocycles. The van der Waals surface area contributed by atoms with Crippen molar-refractivity contribution in [3.63, 3.8) is 0 Å². The number of nitrogens with one attached hydrogen (secondary N) is 1. The van der Waals surface area contributed by atoms with Gasteiger partial charge in [0.15, 0.2) is 0 Å². The third-order valence-electron chi connectivity index (χ3n) is 3.04. The molecule has 2 atom stereocenters. The molecule has 0 spiro atoms. The molecule has 4 N–H and O–H groups in total. The number of rotatable bonds is 2. The number of hydrogen-bond acceptors (Lipinski definition) is 3. The molecule has 0 radical (unpaired) electrons. The minimum Gasteiger partial charge on any atom is -0.385 e. The van der Waals surface area contributed by atoms with Crippen LogP contribution in [0.2, 0.25) is 0 Å². The highest BCUT2D eigenvalue weighted by Gasteiger charge is 2.43. The molecule has 4 nitrogen and oxygen atoms in total. The lowest BCUT2D eigenvalue weighted by Gasteiger charge is -2.27. The van der Waals surface area contributed by atoms with Gasteiger partial charge >= 0.3 is 0 Å². The number of aliphatic hydroxyl groups is 1. The van der Waals surface area contributed by atoms with Crippen LogP contribution in [0.15, 0.2) is 6.20 Å². The Morgan fingerprint density at radius 3 is 3.31 bits per heavy atom. The van der Waals surface area contributed by atoms with Crippen LogP contribution in [-0.2, 0) is 12.0 Å². The molecule has 1 aliphatic rings. The van der Waals surface area contributed by atoms with E-state index in [0.29, 0.717) is 13.0 Å². The van der Waals surface area contributed by atoms with Crippen LogP contribution in [0.25, 0.3) is 0 Å². The Morgan fingerprint density at radius 1 is 1.85 bits per heavy atom. The third kappa shape index (κ3) is 1.09. The summed E-state index contributed by atoms with van der Waals surface area (Å²) in [5, 5.41) is 17.2. The zero-order chi connectivity index (χ0) is 9.47. The fourth-order valence-corrected chi connectivity index (χ4v) is 2.18. The van der Waals surface area contributed by atoms with Gasteiger partial charge in [-0.25, -0.2) is 0 Å². The smallest absolute Gasteiger partial charge is 0.0970 e. The Labute approximate surface area is 77.1 Å². The zero-order valence-corrected chi connectivity index (χ0v) is 7.75. The van der Waals surface area contributed by atoms with E-state index >= 15 is 0 Å². The Balaban J connectivity index is 2.38. The molecule has 2 unspecified atom stereocenters. The van der Waals surface area contributed by atoms with Crippen molar-refractivity contribution in [1.29, 1.82) is 0 Å². The molecule has 0 saturated heterocycles. The molecule has 0 aromatic carbocycles. The summed E-state index contributed by atoms with van der Waals surface area (Å²) < 4.78 is 0. The molecule has 2 rings (SSSR count). The largest absolute Gasteiger partial charge is 0.385 e. The van der Waals surface area contributed by atoms with E-state index in [4.69, 9.17) is 5.73 Å². The number of fused-ring (bicyclic) bond motifs is 1. The summed E-state index contributed by atoms with van der Waals surface area (Å²) in [6, 6.07) is 0. The Hall–Kier alpha value is -0.870. The van der Waals surface area contributed by atoms with Crippen LogP contribution in [0.3, 0.4) is 0 Å². The summed E-state index contributed by atoms with van der Waals surface area (Å²) in [4.78, 5) is 0. The molecule has 0 bridgehead atoms. The summed E-state index contributed by atoms with van der Waals surface area (Å²) in [5.74, 6) is 0.236. The van der Waals surface area contributed by atoms with E-state index in [1.165, 1.54) is 0 Å². The second kappa shape index (κ2) is 2.82. The lowest BCUT2D eigenvalue weighted by atomic mass is 9.86. The van der Waals surface area contributed by atoms with Crippen molar-refractivity contribution in [2.24, 2.45) is 11.7 Å². The Morgan fingerprint density at radius 2 is 2.62 bits per heavy atom. The molecule has 0 amide bonds. The molecule has 0 aliphatic heterocycles. The number of H-pyrrole nitrogens is 1. The van der Waals surface area contributed by atoms with Crippen LogP contribution in [0, 0.1) is 5.92 Å². The molecule has 13 heavy (non-hydrogen) atoms. The van der Waals surface area contributed by atoms with Crippen molar-refractivity contribution in [2.45, 2.75) is 25.4 Å². The first-order valence-electron chi connectivity index (χ1n) is 4.63. The van der Waals surface area contributed by atoms with Crippen LogP contribution >= 0.6 is 0 Å². The van der Waals surface area contributed by atoms with E-state index < -0.39 is 5.60 Å². The molecular formula is C9H15N3O. The predicted molar refractivity (Wildman–Crippen MR) is 49.0 cm³/mol. The first-order valence-corrected chi connectivity index (χ1v) is 4.63. The molecule has 72 valence electrons. The predicted octanol–water partition coefficient (Wildman–Crippen LogP) is 0.138. The van der Waals surface area contributed by atoms with E-state index in [1.807, 2.05) is 6.92 Å². The summed E-state index contributed by atoms with van der Waals surface area (Å²) in [7, 11) is 0. The normalized spacial score (nSPS) is 32.1. The lowest BCUT2D eigenvalue weighted by Crippen LogP contribution is -2.32. The van der Waals surface area contributed by atoms with Gasteiger partial charge in [0.2, 0.25) is 0 Å². The molecule has 0 saturated carbocycles. The van der Waals surface area contributed by atoms with Crippen LogP contribution in [0.1, 0.15) is 24.6 Å². The summed E-state index contributed by atoms with van der Waals surface area (Å²) in [5.41, 5.74) is 6.73. The third-order valence-corrected chi connectivity index (χ3v) is 3.04. The van der Waals surface area contributed by atoms with Crippen LogP contribution in [-0.4, -0.2) is 21.8 Å². The highest BCUT2D eigenvalue weighted by molar-refractivity contribution is 5.31. The second-order valence-electron chi connectivity index (χ2n) is 3.83. The monoisotopic (exact) mass is 181 g/mol. The fraction of sp³-hybridized carbons (Fsp3) is 0.667. The first kappa shape index (κ1) is 8.72.